The number of carbonyl (C=O) groups is 3. The van der Waals surface area contributed by atoms with Crippen LogP contribution in [0.15, 0.2) is 0 Å². The average Bonchev–Trinajstić information content (AvgIpc) is 2.02. The van der Waals surface area contributed by atoms with Gasteiger partial charge in [-0.05, 0) is 0 Å². The summed E-state index contributed by atoms with van der Waals surface area (Å²) in [4.78, 5) is 32.2. The number of hydrogen-bond donors (Lipinski definition) is 0. The van der Waals surface area contributed by atoms with Crippen molar-refractivity contribution in [2.45, 2.75) is 19.8 Å². The van der Waals surface area contributed by atoms with E-state index >= 15 is 0 Å². The minimum absolute atomic E-state index is 0. The molecule has 0 rings (SSSR count). The van der Waals surface area contributed by atoms with Crippen molar-refractivity contribution in [3.63, 3.8) is 0 Å². The number of carboxylic acids is 2. The topological polar surface area (TPSA) is 101 Å². The van der Waals surface area contributed by atoms with Gasteiger partial charge in [0.15, 0.2) is 0 Å². The Labute approximate surface area is 179 Å². The number of aliphatic carboxylic acids is 2. The van der Waals surface area contributed by atoms with Crippen molar-refractivity contribution in [2.24, 2.45) is 0 Å². The van der Waals surface area contributed by atoms with Gasteiger partial charge in [0.2, 0.25) is 5.91 Å². The van der Waals surface area contributed by atoms with Crippen LogP contribution in [0.3, 0.4) is 0 Å². The molecule has 0 heterocycles. The molecule has 0 radical (unpaired) electrons. The molecule has 8 heteroatoms. The SMILES string of the molecule is CC(=O)N(CCC(=O)[O-])CCC(=O)[O-].[K+].[K+]. The molecule has 16 heavy (non-hydrogen) atoms. The van der Waals surface area contributed by atoms with Crippen LogP contribution in [0.1, 0.15) is 19.8 Å². The summed E-state index contributed by atoms with van der Waals surface area (Å²) < 4.78 is 0. The second kappa shape index (κ2) is 13.1. The molecule has 0 aromatic heterocycles. The Morgan fingerprint density at radius 3 is 1.44 bits per heavy atom. The molecule has 0 aliphatic heterocycles. The minimum atomic E-state index is -1.27. The molecule has 0 unspecified atom stereocenters. The van der Waals surface area contributed by atoms with Crippen LogP contribution in [0.25, 0.3) is 0 Å². The van der Waals surface area contributed by atoms with Crippen molar-refractivity contribution in [1.82, 2.24) is 4.90 Å². The molecule has 0 atom stereocenters. The van der Waals surface area contributed by atoms with Gasteiger partial charge in [-0.3, -0.25) is 4.79 Å². The smallest absolute Gasteiger partial charge is 0.550 e. The van der Waals surface area contributed by atoms with Crippen LogP contribution in [0.4, 0.5) is 0 Å². The third-order valence-electron chi connectivity index (χ3n) is 1.62. The van der Waals surface area contributed by atoms with E-state index in [1.54, 1.807) is 0 Å². The van der Waals surface area contributed by atoms with E-state index in [1.807, 2.05) is 0 Å². The number of rotatable bonds is 6. The zero-order chi connectivity index (χ0) is 11.1. The predicted molar refractivity (Wildman–Crippen MR) is 41.5 cm³/mol. The molecule has 0 aromatic carbocycles. The Hall–Kier alpha value is 1.68. The first-order valence-electron chi connectivity index (χ1n) is 4.08. The average molecular weight is 279 g/mol. The molecule has 0 aromatic rings. The van der Waals surface area contributed by atoms with Gasteiger partial charge in [0.25, 0.3) is 0 Å². The van der Waals surface area contributed by atoms with Crippen LogP contribution in [0.2, 0.25) is 0 Å². The molecule has 0 saturated heterocycles. The van der Waals surface area contributed by atoms with Gasteiger partial charge in [0.05, 0.1) is 0 Å². The first-order chi connectivity index (χ1) is 6.43. The Morgan fingerprint density at radius 1 is 0.938 bits per heavy atom. The molecular formula is C8H11K2NO5. The van der Waals surface area contributed by atoms with E-state index in [2.05, 4.69) is 0 Å². The molecular weight excluding hydrogens is 268 g/mol. The maximum absolute atomic E-state index is 10.9. The van der Waals surface area contributed by atoms with Crippen LogP contribution < -0.4 is 113 Å². The van der Waals surface area contributed by atoms with Gasteiger partial charge in [-0.2, -0.15) is 0 Å². The van der Waals surface area contributed by atoms with Crippen LogP contribution in [0.5, 0.6) is 0 Å². The van der Waals surface area contributed by atoms with Crippen LogP contribution in [-0.4, -0.2) is 35.8 Å². The number of carboxylic acid groups (broad SMARTS) is 2. The molecule has 80 valence electrons. The van der Waals surface area contributed by atoms with Gasteiger partial charge < -0.3 is 24.7 Å². The maximum atomic E-state index is 10.9. The van der Waals surface area contributed by atoms with Gasteiger partial charge in [0, 0.05) is 44.8 Å². The van der Waals surface area contributed by atoms with Gasteiger partial charge >= 0.3 is 103 Å². The Kier molecular flexibility index (Phi) is 18.7. The Bertz CT molecular complexity index is 229. The number of nitrogens with zero attached hydrogens (tertiary/aromatic N) is 1. The second-order valence-corrected chi connectivity index (χ2v) is 2.75. The fraction of sp³-hybridized carbons (Fsp3) is 0.625. The summed E-state index contributed by atoms with van der Waals surface area (Å²) in [5.41, 5.74) is 0. The summed E-state index contributed by atoms with van der Waals surface area (Å²) in [6, 6.07) is 0. The fourth-order valence-electron chi connectivity index (χ4n) is 0.879. The molecule has 0 fully saturated rings. The van der Waals surface area contributed by atoms with E-state index in [0.717, 1.165) is 4.90 Å². The number of amides is 1. The standard InChI is InChI=1S/C8H13NO5.2K/c1-6(10)9(4-2-7(11)12)5-3-8(13)14;;/h2-5H2,1H3,(H,11,12)(H,13,14);;/q;2*+1/p-2. The van der Waals surface area contributed by atoms with E-state index < -0.39 is 11.9 Å². The molecule has 6 nitrogen and oxygen atoms in total. The van der Waals surface area contributed by atoms with Gasteiger partial charge in [-0.15, -0.1) is 0 Å². The van der Waals surface area contributed by atoms with E-state index in [4.69, 9.17) is 0 Å². The Morgan fingerprint density at radius 2 is 1.25 bits per heavy atom. The van der Waals surface area contributed by atoms with Crippen molar-refractivity contribution in [1.29, 1.82) is 0 Å². The van der Waals surface area contributed by atoms with Crippen molar-refractivity contribution in [3.8, 4) is 0 Å². The molecule has 0 N–H and O–H groups in total. The minimum Gasteiger partial charge on any atom is -0.550 e. The number of carbonyl (C=O) groups excluding carboxylic acids is 3. The molecule has 0 aliphatic carbocycles. The zero-order valence-electron chi connectivity index (χ0n) is 9.82. The third-order valence-corrected chi connectivity index (χ3v) is 1.62. The monoisotopic (exact) mass is 279 g/mol. The van der Waals surface area contributed by atoms with E-state index in [9.17, 15) is 24.6 Å². The Balaban J connectivity index is -0.000000845. The van der Waals surface area contributed by atoms with Gasteiger partial charge in [-0.25, -0.2) is 0 Å². The normalized spacial score (nSPS) is 8.31. The van der Waals surface area contributed by atoms with Crippen LogP contribution in [0, 0.1) is 0 Å². The van der Waals surface area contributed by atoms with Crippen molar-refractivity contribution in [2.75, 3.05) is 13.1 Å². The van der Waals surface area contributed by atoms with Crippen molar-refractivity contribution < 1.29 is 127 Å². The van der Waals surface area contributed by atoms with E-state index in [1.165, 1.54) is 6.92 Å². The summed E-state index contributed by atoms with van der Waals surface area (Å²) >= 11 is 0. The summed E-state index contributed by atoms with van der Waals surface area (Å²) in [6.45, 7) is 1.17. The molecule has 0 bridgehead atoms. The van der Waals surface area contributed by atoms with E-state index in [-0.39, 0.29) is 135 Å². The summed E-state index contributed by atoms with van der Waals surface area (Å²) in [5, 5.41) is 20.2. The maximum Gasteiger partial charge on any atom is 1.00 e. The molecule has 1 amide bonds. The largest absolute Gasteiger partial charge is 1.00 e. The first kappa shape index (κ1) is 22.8. The van der Waals surface area contributed by atoms with Gasteiger partial charge in [-0.1, -0.05) is 0 Å². The molecule has 0 aliphatic rings. The second-order valence-electron chi connectivity index (χ2n) is 2.75. The van der Waals surface area contributed by atoms with Crippen molar-refractivity contribution in [3.05, 3.63) is 0 Å². The quantitative estimate of drug-likeness (QED) is 0.449. The summed E-state index contributed by atoms with van der Waals surface area (Å²) in [5.74, 6) is -2.91. The third kappa shape index (κ3) is 13.7. The van der Waals surface area contributed by atoms with Crippen molar-refractivity contribution >= 4 is 17.8 Å². The summed E-state index contributed by atoms with van der Waals surface area (Å²) in [7, 11) is 0. The van der Waals surface area contributed by atoms with Crippen LogP contribution >= 0.6 is 0 Å². The molecule has 0 spiro atoms. The van der Waals surface area contributed by atoms with Crippen LogP contribution in [-0.2, 0) is 14.4 Å². The summed E-state index contributed by atoms with van der Waals surface area (Å²) in [6.07, 6.45) is -0.598. The first-order valence-corrected chi connectivity index (χ1v) is 4.08. The zero-order valence-corrected chi connectivity index (χ0v) is 16.1. The fourth-order valence-corrected chi connectivity index (χ4v) is 0.879. The van der Waals surface area contributed by atoms with E-state index in [0.29, 0.717) is 0 Å². The molecule has 0 saturated carbocycles. The predicted octanol–water partition coefficient (Wildman–Crippen LogP) is -8.88. The number of hydrogen-bond acceptors (Lipinski definition) is 5. The van der Waals surface area contributed by atoms with Gasteiger partial charge in [0.1, 0.15) is 0 Å².